The Bertz CT molecular complexity index is 155. The Balaban J connectivity index is 2.12. The molecule has 0 aromatic carbocycles. The molecule has 0 spiro atoms. The molecule has 0 bridgehead atoms. The third-order valence-corrected chi connectivity index (χ3v) is 2.92. The molecular weight excluding hydrogens is 178 g/mol. The molecule has 0 radical (unpaired) electrons. The van der Waals surface area contributed by atoms with Gasteiger partial charge in [0.15, 0.2) is 0 Å². The highest BCUT2D eigenvalue weighted by Crippen LogP contribution is 2.24. The van der Waals surface area contributed by atoms with Gasteiger partial charge in [-0.3, -0.25) is 0 Å². The maximum absolute atomic E-state index is 8.69. The average Bonchev–Trinajstić information content (AvgIpc) is 2.60. The zero-order valence-corrected chi connectivity index (χ0v) is 9.38. The van der Waals surface area contributed by atoms with E-state index in [-0.39, 0.29) is 5.60 Å². The van der Waals surface area contributed by atoms with E-state index in [0.717, 1.165) is 32.4 Å². The largest absolute Gasteiger partial charge is 0.396 e. The first kappa shape index (κ1) is 12.0. The molecule has 1 aliphatic heterocycles. The second-order valence-corrected chi connectivity index (χ2v) is 4.55. The van der Waals surface area contributed by atoms with Crippen molar-refractivity contribution in [1.29, 1.82) is 0 Å². The standard InChI is InChI=1S/C11H23NO2/c1-10(5-3-7-13)12-9-11(2)6-4-8-14-11/h10,12-13H,3-9H2,1-2H3. The van der Waals surface area contributed by atoms with E-state index in [2.05, 4.69) is 19.2 Å². The van der Waals surface area contributed by atoms with Crippen molar-refractivity contribution in [2.45, 2.75) is 51.2 Å². The van der Waals surface area contributed by atoms with Crippen molar-refractivity contribution in [2.24, 2.45) is 0 Å². The minimum Gasteiger partial charge on any atom is -0.396 e. The van der Waals surface area contributed by atoms with Crippen molar-refractivity contribution >= 4 is 0 Å². The molecule has 1 saturated heterocycles. The second-order valence-electron chi connectivity index (χ2n) is 4.55. The van der Waals surface area contributed by atoms with Crippen LogP contribution in [0.15, 0.2) is 0 Å². The van der Waals surface area contributed by atoms with Gasteiger partial charge in [-0.1, -0.05) is 0 Å². The summed E-state index contributed by atoms with van der Waals surface area (Å²) in [7, 11) is 0. The van der Waals surface area contributed by atoms with Crippen LogP contribution in [0.2, 0.25) is 0 Å². The van der Waals surface area contributed by atoms with Gasteiger partial charge >= 0.3 is 0 Å². The Morgan fingerprint density at radius 1 is 1.57 bits per heavy atom. The summed E-state index contributed by atoms with van der Waals surface area (Å²) in [5, 5.41) is 12.2. The second kappa shape index (κ2) is 5.69. The van der Waals surface area contributed by atoms with E-state index in [1.165, 1.54) is 6.42 Å². The van der Waals surface area contributed by atoms with E-state index in [4.69, 9.17) is 9.84 Å². The van der Waals surface area contributed by atoms with Gasteiger partial charge in [0.2, 0.25) is 0 Å². The Kier molecular flexibility index (Phi) is 4.85. The molecule has 1 heterocycles. The fourth-order valence-electron chi connectivity index (χ4n) is 1.87. The van der Waals surface area contributed by atoms with Crippen LogP contribution in [-0.4, -0.2) is 36.5 Å². The molecule has 0 amide bonds. The van der Waals surface area contributed by atoms with Crippen LogP contribution in [0.1, 0.15) is 39.5 Å². The lowest BCUT2D eigenvalue weighted by Crippen LogP contribution is -2.41. The molecule has 0 aliphatic carbocycles. The van der Waals surface area contributed by atoms with Crippen molar-refractivity contribution < 1.29 is 9.84 Å². The lowest BCUT2D eigenvalue weighted by atomic mass is 10.0. The monoisotopic (exact) mass is 201 g/mol. The molecule has 2 atom stereocenters. The Morgan fingerprint density at radius 2 is 2.36 bits per heavy atom. The van der Waals surface area contributed by atoms with Crippen LogP contribution < -0.4 is 5.32 Å². The molecule has 14 heavy (non-hydrogen) atoms. The van der Waals surface area contributed by atoms with Crippen LogP contribution in [-0.2, 0) is 4.74 Å². The summed E-state index contributed by atoms with van der Waals surface area (Å²) in [4.78, 5) is 0. The first-order chi connectivity index (χ1) is 6.66. The third-order valence-electron chi connectivity index (χ3n) is 2.92. The van der Waals surface area contributed by atoms with E-state index < -0.39 is 0 Å². The number of hydrogen-bond acceptors (Lipinski definition) is 3. The summed E-state index contributed by atoms with van der Waals surface area (Å²) in [6.07, 6.45) is 4.26. The van der Waals surface area contributed by atoms with Gasteiger partial charge in [-0.05, 0) is 39.5 Å². The lowest BCUT2D eigenvalue weighted by Gasteiger charge is -2.25. The zero-order valence-electron chi connectivity index (χ0n) is 9.38. The molecule has 1 fully saturated rings. The SMILES string of the molecule is CC(CCCO)NCC1(C)CCCO1. The van der Waals surface area contributed by atoms with Crippen molar-refractivity contribution in [3.8, 4) is 0 Å². The Labute approximate surface area is 86.8 Å². The van der Waals surface area contributed by atoms with Crippen LogP contribution in [0.25, 0.3) is 0 Å². The predicted octanol–water partition coefficient (Wildman–Crippen LogP) is 1.31. The number of aliphatic hydroxyl groups excluding tert-OH is 1. The summed E-state index contributed by atoms with van der Waals surface area (Å²) in [5.41, 5.74) is 0.0491. The van der Waals surface area contributed by atoms with Gasteiger partial charge in [0.25, 0.3) is 0 Å². The van der Waals surface area contributed by atoms with Crippen molar-refractivity contribution in [3.63, 3.8) is 0 Å². The quantitative estimate of drug-likeness (QED) is 0.681. The molecule has 2 N–H and O–H groups in total. The summed E-state index contributed by atoms with van der Waals surface area (Å²) in [6.45, 7) is 6.46. The number of ether oxygens (including phenoxy) is 1. The normalized spacial score (nSPS) is 29.4. The molecule has 1 rings (SSSR count). The molecule has 2 unspecified atom stereocenters. The van der Waals surface area contributed by atoms with Gasteiger partial charge in [-0.2, -0.15) is 0 Å². The molecule has 0 saturated carbocycles. The van der Waals surface area contributed by atoms with Gasteiger partial charge < -0.3 is 15.2 Å². The van der Waals surface area contributed by atoms with E-state index in [1.807, 2.05) is 0 Å². The Morgan fingerprint density at radius 3 is 2.93 bits per heavy atom. The summed E-state index contributed by atoms with van der Waals surface area (Å²) < 4.78 is 5.68. The molecule has 3 nitrogen and oxygen atoms in total. The van der Waals surface area contributed by atoms with E-state index >= 15 is 0 Å². The average molecular weight is 201 g/mol. The molecule has 3 heteroatoms. The van der Waals surface area contributed by atoms with E-state index in [9.17, 15) is 0 Å². The number of aliphatic hydroxyl groups is 1. The minimum absolute atomic E-state index is 0.0491. The molecule has 84 valence electrons. The summed E-state index contributed by atoms with van der Waals surface area (Å²) in [5.74, 6) is 0. The minimum atomic E-state index is 0.0491. The van der Waals surface area contributed by atoms with Crippen LogP contribution >= 0.6 is 0 Å². The van der Waals surface area contributed by atoms with Crippen molar-refractivity contribution in [2.75, 3.05) is 19.8 Å². The first-order valence-electron chi connectivity index (χ1n) is 5.64. The van der Waals surface area contributed by atoms with Gasteiger partial charge in [0.05, 0.1) is 5.60 Å². The fraction of sp³-hybridized carbons (Fsp3) is 1.00. The van der Waals surface area contributed by atoms with E-state index in [1.54, 1.807) is 0 Å². The van der Waals surface area contributed by atoms with Crippen LogP contribution in [0, 0.1) is 0 Å². The maximum atomic E-state index is 8.69. The third kappa shape index (κ3) is 3.95. The highest BCUT2D eigenvalue weighted by molar-refractivity contribution is 4.83. The maximum Gasteiger partial charge on any atom is 0.0779 e. The van der Waals surface area contributed by atoms with Crippen LogP contribution in [0.3, 0.4) is 0 Å². The first-order valence-corrected chi connectivity index (χ1v) is 5.64. The number of rotatable bonds is 6. The smallest absolute Gasteiger partial charge is 0.0779 e. The van der Waals surface area contributed by atoms with E-state index in [0.29, 0.717) is 12.6 Å². The summed E-state index contributed by atoms with van der Waals surface area (Å²) >= 11 is 0. The molecule has 0 aromatic heterocycles. The fourth-order valence-corrected chi connectivity index (χ4v) is 1.87. The van der Waals surface area contributed by atoms with Crippen LogP contribution in [0.5, 0.6) is 0 Å². The van der Waals surface area contributed by atoms with Crippen molar-refractivity contribution in [3.05, 3.63) is 0 Å². The van der Waals surface area contributed by atoms with Crippen molar-refractivity contribution in [1.82, 2.24) is 5.32 Å². The predicted molar refractivity (Wildman–Crippen MR) is 57.4 cm³/mol. The Hall–Kier alpha value is -0.120. The molecule has 0 aromatic rings. The number of hydrogen-bond donors (Lipinski definition) is 2. The van der Waals surface area contributed by atoms with Gasteiger partial charge in [-0.25, -0.2) is 0 Å². The highest BCUT2D eigenvalue weighted by atomic mass is 16.5. The topological polar surface area (TPSA) is 41.5 Å². The van der Waals surface area contributed by atoms with Gasteiger partial charge in [-0.15, -0.1) is 0 Å². The highest BCUT2D eigenvalue weighted by Gasteiger charge is 2.29. The zero-order chi connectivity index (χ0) is 10.4. The summed E-state index contributed by atoms with van der Waals surface area (Å²) in [6, 6.07) is 0.475. The van der Waals surface area contributed by atoms with Gasteiger partial charge in [0, 0.05) is 25.8 Å². The lowest BCUT2D eigenvalue weighted by molar-refractivity contribution is 0.0188. The molecule has 1 aliphatic rings. The molecular formula is C11H23NO2. The van der Waals surface area contributed by atoms with Crippen LogP contribution in [0.4, 0.5) is 0 Å². The van der Waals surface area contributed by atoms with Gasteiger partial charge in [0.1, 0.15) is 0 Å². The number of nitrogens with one attached hydrogen (secondary N) is 1.